The van der Waals surface area contributed by atoms with Crippen molar-refractivity contribution in [1.29, 1.82) is 0 Å². The number of hydrogen-bond acceptors (Lipinski definition) is 2. The number of nitrogens with zero attached hydrogens (tertiary/aromatic N) is 1. The molecule has 0 spiro atoms. The number of anilines is 1. The molecule has 1 heterocycles. The molecule has 2 aromatic rings. The van der Waals surface area contributed by atoms with Crippen LogP contribution in [0.25, 0.3) is 0 Å². The maximum Gasteiger partial charge on any atom is 0.257 e. The molecule has 1 N–H and O–H groups in total. The minimum absolute atomic E-state index is 0.116. The van der Waals surface area contributed by atoms with Crippen LogP contribution in [0.15, 0.2) is 36.5 Å². The first-order valence-electron chi connectivity index (χ1n) is 5.88. The molecule has 0 aliphatic heterocycles. The van der Waals surface area contributed by atoms with Gasteiger partial charge < -0.3 is 5.32 Å². The van der Waals surface area contributed by atoms with Gasteiger partial charge in [-0.25, -0.2) is 4.98 Å². The Labute approximate surface area is 107 Å². The minimum Gasteiger partial charge on any atom is -0.306 e. The number of pyridine rings is 1. The van der Waals surface area contributed by atoms with Crippen molar-refractivity contribution in [2.45, 2.75) is 20.8 Å². The minimum atomic E-state index is -0.116. The lowest BCUT2D eigenvalue weighted by Crippen LogP contribution is -2.15. The summed E-state index contributed by atoms with van der Waals surface area (Å²) in [6.45, 7) is 5.87. The lowest BCUT2D eigenvalue weighted by Gasteiger charge is -2.09. The van der Waals surface area contributed by atoms with Crippen LogP contribution in [0.4, 0.5) is 5.82 Å². The molecule has 1 aromatic heterocycles. The van der Waals surface area contributed by atoms with E-state index in [0.717, 1.165) is 16.7 Å². The van der Waals surface area contributed by atoms with Crippen molar-refractivity contribution in [2.75, 3.05) is 5.32 Å². The van der Waals surface area contributed by atoms with Crippen LogP contribution >= 0.6 is 0 Å². The molecule has 18 heavy (non-hydrogen) atoms. The zero-order valence-corrected chi connectivity index (χ0v) is 10.8. The van der Waals surface area contributed by atoms with E-state index in [4.69, 9.17) is 0 Å². The molecule has 2 rings (SSSR count). The van der Waals surface area contributed by atoms with Crippen molar-refractivity contribution >= 4 is 11.7 Å². The van der Waals surface area contributed by atoms with Crippen LogP contribution in [0.2, 0.25) is 0 Å². The fourth-order valence-corrected chi connectivity index (χ4v) is 1.86. The summed E-state index contributed by atoms with van der Waals surface area (Å²) in [7, 11) is 0. The van der Waals surface area contributed by atoms with E-state index >= 15 is 0 Å². The summed E-state index contributed by atoms with van der Waals surface area (Å²) < 4.78 is 0. The standard InChI is InChI=1S/C15H16N2O/c1-10-6-7-13(12(3)9-10)15(18)17-14-11(2)5-4-8-16-14/h4-9H,1-3H3,(H,16,17,18). The zero-order chi connectivity index (χ0) is 13.1. The molecular weight excluding hydrogens is 224 g/mol. The third-order valence-electron chi connectivity index (χ3n) is 2.87. The topological polar surface area (TPSA) is 42.0 Å². The number of benzene rings is 1. The van der Waals surface area contributed by atoms with Crippen LogP contribution in [-0.2, 0) is 0 Å². The highest BCUT2D eigenvalue weighted by molar-refractivity contribution is 6.05. The summed E-state index contributed by atoms with van der Waals surface area (Å²) in [5.41, 5.74) is 3.76. The summed E-state index contributed by atoms with van der Waals surface area (Å²) in [4.78, 5) is 16.3. The Morgan fingerprint density at radius 3 is 2.56 bits per heavy atom. The van der Waals surface area contributed by atoms with Crippen molar-refractivity contribution < 1.29 is 4.79 Å². The van der Waals surface area contributed by atoms with Crippen LogP contribution in [-0.4, -0.2) is 10.9 Å². The highest BCUT2D eigenvalue weighted by Crippen LogP contribution is 2.14. The summed E-state index contributed by atoms with van der Waals surface area (Å²) in [6, 6.07) is 9.55. The molecule has 0 saturated carbocycles. The number of aryl methyl sites for hydroxylation is 3. The zero-order valence-electron chi connectivity index (χ0n) is 10.8. The van der Waals surface area contributed by atoms with Crippen LogP contribution in [0, 0.1) is 20.8 Å². The second kappa shape index (κ2) is 5.00. The molecule has 92 valence electrons. The predicted octanol–water partition coefficient (Wildman–Crippen LogP) is 3.26. The van der Waals surface area contributed by atoms with Crippen LogP contribution in [0.1, 0.15) is 27.0 Å². The van der Waals surface area contributed by atoms with E-state index < -0.39 is 0 Å². The van der Waals surface area contributed by atoms with Gasteiger partial charge in [0.2, 0.25) is 0 Å². The SMILES string of the molecule is Cc1ccc(C(=O)Nc2ncccc2C)c(C)c1. The predicted molar refractivity (Wildman–Crippen MR) is 72.8 cm³/mol. The van der Waals surface area contributed by atoms with E-state index in [1.54, 1.807) is 6.20 Å². The summed E-state index contributed by atoms with van der Waals surface area (Å²) >= 11 is 0. The number of aromatic nitrogens is 1. The van der Waals surface area contributed by atoms with Gasteiger partial charge in [-0.05, 0) is 44.0 Å². The van der Waals surface area contributed by atoms with Crippen LogP contribution in [0.5, 0.6) is 0 Å². The first-order valence-corrected chi connectivity index (χ1v) is 5.88. The van der Waals surface area contributed by atoms with Crippen LogP contribution in [0.3, 0.4) is 0 Å². The number of hydrogen-bond donors (Lipinski definition) is 1. The quantitative estimate of drug-likeness (QED) is 0.875. The molecule has 1 aromatic carbocycles. The van der Waals surface area contributed by atoms with Gasteiger partial charge in [0.05, 0.1) is 0 Å². The molecule has 3 heteroatoms. The lowest BCUT2D eigenvalue weighted by molar-refractivity contribution is 0.102. The van der Waals surface area contributed by atoms with E-state index in [2.05, 4.69) is 10.3 Å². The number of nitrogens with one attached hydrogen (secondary N) is 1. The maximum absolute atomic E-state index is 12.1. The van der Waals surface area contributed by atoms with Gasteiger partial charge in [-0.2, -0.15) is 0 Å². The highest BCUT2D eigenvalue weighted by atomic mass is 16.1. The van der Waals surface area contributed by atoms with E-state index in [-0.39, 0.29) is 5.91 Å². The molecule has 0 radical (unpaired) electrons. The second-order valence-corrected chi connectivity index (χ2v) is 4.44. The summed E-state index contributed by atoms with van der Waals surface area (Å²) in [5.74, 6) is 0.497. The molecule has 0 unspecified atom stereocenters. The van der Waals surface area contributed by atoms with E-state index in [0.29, 0.717) is 11.4 Å². The largest absolute Gasteiger partial charge is 0.306 e. The van der Waals surface area contributed by atoms with Crippen molar-refractivity contribution in [3.8, 4) is 0 Å². The average molecular weight is 240 g/mol. The van der Waals surface area contributed by atoms with Crippen LogP contribution < -0.4 is 5.32 Å². The first-order chi connectivity index (χ1) is 8.58. The smallest absolute Gasteiger partial charge is 0.257 e. The van der Waals surface area contributed by atoms with Gasteiger partial charge in [0.1, 0.15) is 5.82 Å². The third-order valence-corrected chi connectivity index (χ3v) is 2.87. The van der Waals surface area contributed by atoms with Gasteiger partial charge in [0, 0.05) is 11.8 Å². The Balaban J connectivity index is 2.25. The van der Waals surface area contributed by atoms with E-state index in [9.17, 15) is 4.79 Å². The van der Waals surface area contributed by atoms with Gasteiger partial charge in [0.15, 0.2) is 0 Å². The monoisotopic (exact) mass is 240 g/mol. The fraction of sp³-hybridized carbons (Fsp3) is 0.200. The summed E-state index contributed by atoms with van der Waals surface area (Å²) in [6.07, 6.45) is 1.67. The Bertz CT molecular complexity index is 591. The van der Waals surface area contributed by atoms with Crippen molar-refractivity contribution in [1.82, 2.24) is 4.98 Å². The Hall–Kier alpha value is -2.16. The number of amides is 1. The summed E-state index contributed by atoms with van der Waals surface area (Å²) in [5, 5.41) is 2.84. The van der Waals surface area contributed by atoms with Gasteiger partial charge in [0.25, 0.3) is 5.91 Å². The molecule has 3 nitrogen and oxygen atoms in total. The molecule has 1 amide bonds. The lowest BCUT2D eigenvalue weighted by atomic mass is 10.1. The molecule has 0 bridgehead atoms. The van der Waals surface area contributed by atoms with Gasteiger partial charge in [-0.1, -0.05) is 23.8 Å². The third kappa shape index (κ3) is 2.56. The number of carbonyl (C=O) groups excluding carboxylic acids is 1. The Morgan fingerprint density at radius 2 is 1.89 bits per heavy atom. The normalized spacial score (nSPS) is 10.2. The molecule has 0 atom stereocenters. The van der Waals surface area contributed by atoms with Gasteiger partial charge >= 0.3 is 0 Å². The van der Waals surface area contributed by atoms with E-state index in [1.165, 1.54) is 0 Å². The Morgan fingerprint density at radius 1 is 1.11 bits per heavy atom. The van der Waals surface area contributed by atoms with Gasteiger partial charge in [-0.3, -0.25) is 4.79 Å². The van der Waals surface area contributed by atoms with Gasteiger partial charge in [-0.15, -0.1) is 0 Å². The second-order valence-electron chi connectivity index (χ2n) is 4.44. The highest BCUT2D eigenvalue weighted by Gasteiger charge is 2.10. The molecule has 0 aliphatic carbocycles. The van der Waals surface area contributed by atoms with Crippen molar-refractivity contribution in [2.24, 2.45) is 0 Å². The first kappa shape index (κ1) is 12.3. The molecule has 0 saturated heterocycles. The Kier molecular flexibility index (Phi) is 3.42. The fourth-order valence-electron chi connectivity index (χ4n) is 1.86. The maximum atomic E-state index is 12.1. The number of rotatable bonds is 2. The molecular formula is C15H16N2O. The number of carbonyl (C=O) groups is 1. The van der Waals surface area contributed by atoms with Crippen molar-refractivity contribution in [3.63, 3.8) is 0 Å². The average Bonchev–Trinajstić information content (AvgIpc) is 2.32. The molecule has 0 aliphatic rings. The molecule has 0 fully saturated rings. The van der Waals surface area contributed by atoms with E-state index in [1.807, 2.05) is 51.1 Å². The van der Waals surface area contributed by atoms with Crippen molar-refractivity contribution in [3.05, 3.63) is 58.8 Å².